The number of carbonyl (C=O) groups is 1. The number of rotatable bonds is 6. The molecule has 1 atom stereocenters. The van der Waals surface area contributed by atoms with E-state index in [9.17, 15) is 9.90 Å². The smallest absolute Gasteiger partial charge is 0.345 e. The Morgan fingerprint density at radius 2 is 1.62 bits per heavy atom. The minimum Gasteiger partial charge on any atom is -0.478 e. The SMILES string of the molecule is Cc1sc2c(Br)c3ccccc3c(-c3cc(Br)c(O[C@H](Cc4ccccc4)C(=O)O)c(C(C)(C)C)c3)c2c1C. The Morgan fingerprint density at radius 1 is 0.974 bits per heavy atom. The van der Waals surface area contributed by atoms with Gasteiger partial charge in [-0.05, 0) is 96.3 Å². The molecule has 0 spiro atoms. The van der Waals surface area contributed by atoms with Gasteiger partial charge in [-0.25, -0.2) is 4.79 Å². The number of hydrogen-bond donors (Lipinski definition) is 1. The van der Waals surface area contributed by atoms with E-state index in [1.165, 1.54) is 36.9 Å². The summed E-state index contributed by atoms with van der Waals surface area (Å²) < 4.78 is 9.43. The van der Waals surface area contributed by atoms with Crippen LogP contribution in [0.2, 0.25) is 0 Å². The highest BCUT2D eigenvalue weighted by Gasteiger charge is 2.29. The van der Waals surface area contributed by atoms with E-state index in [0.29, 0.717) is 5.75 Å². The average Bonchev–Trinajstić information content (AvgIpc) is 3.19. The molecule has 0 bridgehead atoms. The fourth-order valence-electron chi connectivity index (χ4n) is 5.10. The molecule has 3 nitrogen and oxygen atoms in total. The maximum Gasteiger partial charge on any atom is 0.345 e. The molecule has 0 aliphatic heterocycles. The standard InChI is InChI=1S/C33H30Br2O3S/c1-18-19(2)39-31-27(18)28(22-13-9-10-14-23(22)29(31)35)21-16-24(33(3,4)5)30(25(34)17-21)38-26(32(36)37)15-20-11-7-6-8-12-20/h6-14,16-17,26H,15H2,1-5H3,(H,36,37)/t26-/m1/s1. The van der Waals surface area contributed by atoms with Gasteiger partial charge in [-0.2, -0.15) is 0 Å². The minimum absolute atomic E-state index is 0.277. The summed E-state index contributed by atoms with van der Waals surface area (Å²) in [6.07, 6.45) is -0.739. The lowest BCUT2D eigenvalue weighted by Crippen LogP contribution is -2.30. The maximum absolute atomic E-state index is 12.3. The van der Waals surface area contributed by atoms with Gasteiger partial charge in [0, 0.05) is 26.7 Å². The summed E-state index contributed by atoms with van der Waals surface area (Å²) in [4.78, 5) is 13.6. The van der Waals surface area contributed by atoms with Crippen molar-refractivity contribution in [3.63, 3.8) is 0 Å². The van der Waals surface area contributed by atoms with Gasteiger partial charge in [0.05, 0.1) is 9.17 Å². The molecule has 5 aromatic rings. The minimum atomic E-state index is -1.02. The highest BCUT2D eigenvalue weighted by molar-refractivity contribution is 9.11. The van der Waals surface area contributed by atoms with Crippen LogP contribution in [0.25, 0.3) is 32.0 Å². The van der Waals surface area contributed by atoms with Crippen molar-refractivity contribution in [1.29, 1.82) is 0 Å². The quantitative estimate of drug-likeness (QED) is 0.196. The highest BCUT2D eigenvalue weighted by Crippen LogP contribution is 2.49. The number of fused-ring (bicyclic) bond motifs is 2. The van der Waals surface area contributed by atoms with Crippen LogP contribution in [0.15, 0.2) is 75.7 Å². The van der Waals surface area contributed by atoms with Crippen LogP contribution in [-0.2, 0) is 16.6 Å². The van der Waals surface area contributed by atoms with Gasteiger partial charge in [0.25, 0.3) is 0 Å². The van der Waals surface area contributed by atoms with Gasteiger partial charge in [-0.1, -0.05) is 75.4 Å². The summed E-state index contributed by atoms with van der Waals surface area (Å²) in [5, 5.41) is 13.7. The van der Waals surface area contributed by atoms with Crippen molar-refractivity contribution < 1.29 is 14.6 Å². The normalized spacial score (nSPS) is 12.7. The number of carboxylic acid groups (broad SMARTS) is 1. The molecule has 0 amide bonds. The predicted octanol–water partition coefficient (Wildman–Crippen LogP) is 10.2. The lowest BCUT2D eigenvalue weighted by atomic mass is 9.83. The van der Waals surface area contributed by atoms with Crippen LogP contribution in [0.5, 0.6) is 5.75 Å². The number of hydrogen-bond acceptors (Lipinski definition) is 3. The Labute approximate surface area is 250 Å². The summed E-state index contributed by atoms with van der Waals surface area (Å²) in [6, 6.07) is 22.4. The molecule has 0 aliphatic rings. The number of halogens is 2. The summed E-state index contributed by atoms with van der Waals surface area (Å²) >= 11 is 9.50. The van der Waals surface area contributed by atoms with E-state index in [1.807, 2.05) is 41.7 Å². The lowest BCUT2D eigenvalue weighted by molar-refractivity contribution is -0.145. The zero-order chi connectivity index (χ0) is 28.1. The molecule has 5 rings (SSSR count). The zero-order valence-corrected chi connectivity index (χ0v) is 26.6. The van der Waals surface area contributed by atoms with Crippen molar-refractivity contribution in [3.8, 4) is 16.9 Å². The summed E-state index contributed by atoms with van der Waals surface area (Å²) in [5.74, 6) is -0.412. The number of carboxylic acids is 1. The van der Waals surface area contributed by atoms with E-state index in [0.717, 1.165) is 25.6 Å². The molecule has 1 aromatic heterocycles. The Bertz CT molecular complexity index is 1720. The van der Waals surface area contributed by atoms with Crippen molar-refractivity contribution in [3.05, 3.63) is 97.2 Å². The average molecular weight is 666 g/mol. The number of thiophene rings is 1. The molecular formula is C33H30Br2O3S. The fraction of sp³-hybridized carbons (Fsp3) is 0.242. The maximum atomic E-state index is 12.3. The first-order valence-corrected chi connectivity index (χ1v) is 15.2. The van der Waals surface area contributed by atoms with Crippen LogP contribution < -0.4 is 4.74 Å². The van der Waals surface area contributed by atoms with E-state index in [-0.39, 0.29) is 11.8 Å². The zero-order valence-electron chi connectivity index (χ0n) is 22.6. The fourth-order valence-corrected chi connectivity index (χ4v) is 7.55. The molecule has 1 heterocycles. The van der Waals surface area contributed by atoms with Gasteiger partial charge in [-0.3, -0.25) is 0 Å². The molecule has 0 unspecified atom stereocenters. The summed E-state index contributed by atoms with van der Waals surface area (Å²) in [7, 11) is 0. The van der Waals surface area contributed by atoms with Crippen LogP contribution in [0.4, 0.5) is 0 Å². The van der Waals surface area contributed by atoms with Gasteiger partial charge in [0.1, 0.15) is 5.75 Å². The Hall–Kier alpha value is -2.67. The highest BCUT2D eigenvalue weighted by atomic mass is 79.9. The Kier molecular flexibility index (Phi) is 7.66. The first-order valence-electron chi connectivity index (χ1n) is 12.8. The molecule has 6 heteroatoms. The Morgan fingerprint density at radius 3 is 2.26 bits per heavy atom. The second-order valence-electron chi connectivity index (χ2n) is 10.9. The van der Waals surface area contributed by atoms with Crippen LogP contribution in [0, 0.1) is 13.8 Å². The van der Waals surface area contributed by atoms with Crippen molar-refractivity contribution in [1.82, 2.24) is 0 Å². The molecule has 0 saturated carbocycles. The number of benzene rings is 4. The molecule has 0 fully saturated rings. The van der Waals surface area contributed by atoms with Crippen molar-refractivity contribution in [2.24, 2.45) is 0 Å². The van der Waals surface area contributed by atoms with Gasteiger partial charge in [-0.15, -0.1) is 11.3 Å². The van der Waals surface area contributed by atoms with Crippen molar-refractivity contribution in [2.45, 2.75) is 52.6 Å². The predicted molar refractivity (Wildman–Crippen MR) is 171 cm³/mol. The van der Waals surface area contributed by atoms with E-state index in [1.54, 1.807) is 0 Å². The first-order chi connectivity index (χ1) is 18.5. The van der Waals surface area contributed by atoms with Gasteiger partial charge in [0.15, 0.2) is 6.10 Å². The van der Waals surface area contributed by atoms with Crippen LogP contribution in [0.1, 0.15) is 42.3 Å². The molecule has 4 aromatic carbocycles. The third-order valence-corrected chi connectivity index (χ3v) is 10.1. The lowest BCUT2D eigenvalue weighted by Gasteiger charge is -2.27. The number of aryl methyl sites for hydroxylation is 2. The molecule has 0 radical (unpaired) electrons. The first kappa shape index (κ1) is 27.9. The second-order valence-corrected chi connectivity index (χ2v) is 13.8. The van der Waals surface area contributed by atoms with Crippen LogP contribution >= 0.6 is 43.2 Å². The largest absolute Gasteiger partial charge is 0.478 e. The number of aliphatic carboxylic acids is 1. The van der Waals surface area contributed by atoms with E-state index < -0.39 is 12.1 Å². The summed E-state index contributed by atoms with van der Waals surface area (Å²) in [6.45, 7) is 10.8. The third kappa shape index (κ3) is 5.27. The molecule has 0 saturated heterocycles. The third-order valence-electron chi connectivity index (χ3n) is 7.21. The van der Waals surface area contributed by atoms with Gasteiger partial charge in [0.2, 0.25) is 0 Å². The van der Waals surface area contributed by atoms with E-state index in [4.69, 9.17) is 4.74 Å². The Balaban J connectivity index is 1.73. The molecule has 1 N–H and O–H groups in total. The van der Waals surface area contributed by atoms with Crippen molar-refractivity contribution in [2.75, 3.05) is 0 Å². The number of ether oxygens (including phenoxy) is 1. The van der Waals surface area contributed by atoms with E-state index in [2.05, 4.69) is 103 Å². The molecule has 39 heavy (non-hydrogen) atoms. The van der Waals surface area contributed by atoms with Gasteiger partial charge >= 0.3 is 5.97 Å². The van der Waals surface area contributed by atoms with Gasteiger partial charge < -0.3 is 9.84 Å². The second kappa shape index (κ2) is 10.7. The summed E-state index contributed by atoms with van der Waals surface area (Å²) in [5.41, 5.74) is 5.11. The van der Waals surface area contributed by atoms with E-state index >= 15 is 0 Å². The molecular weight excluding hydrogens is 636 g/mol. The topological polar surface area (TPSA) is 46.5 Å². The van der Waals surface area contributed by atoms with Crippen LogP contribution in [-0.4, -0.2) is 17.2 Å². The molecule has 0 aliphatic carbocycles. The van der Waals surface area contributed by atoms with Crippen LogP contribution in [0.3, 0.4) is 0 Å². The van der Waals surface area contributed by atoms with Crippen molar-refractivity contribution >= 4 is 70.0 Å². The monoisotopic (exact) mass is 664 g/mol. The molecule has 200 valence electrons.